The van der Waals surface area contributed by atoms with Crippen molar-refractivity contribution in [2.24, 2.45) is 0 Å². The maximum Gasteiger partial charge on any atom is 0.257 e. The number of hydrogen-bond acceptors (Lipinski definition) is 5. The Hall–Kier alpha value is -2.58. The average Bonchev–Trinajstić information content (AvgIpc) is 2.76. The van der Waals surface area contributed by atoms with E-state index < -0.39 is 10.0 Å². The van der Waals surface area contributed by atoms with Crippen molar-refractivity contribution >= 4 is 21.6 Å². The van der Waals surface area contributed by atoms with Crippen LogP contribution in [0.5, 0.6) is 5.75 Å². The molecule has 1 N–H and O–H groups in total. The van der Waals surface area contributed by atoms with E-state index in [0.29, 0.717) is 44.9 Å². The first kappa shape index (κ1) is 22.1. The van der Waals surface area contributed by atoms with E-state index in [9.17, 15) is 13.2 Å². The van der Waals surface area contributed by atoms with Crippen LogP contribution >= 0.6 is 0 Å². The lowest BCUT2D eigenvalue weighted by Crippen LogP contribution is -2.49. The molecule has 1 fully saturated rings. The molecule has 1 aliphatic heterocycles. The molecular weight excluding hydrogens is 402 g/mol. The molecule has 0 spiro atoms. The summed E-state index contributed by atoms with van der Waals surface area (Å²) in [6, 6.07) is 17.5. The van der Waals surface area contributed by atoms with Crippen LogP contribution in [-0.2, 0) is 14.8 Å². The van der Waals surface area contributed by atoms with Gasteiger partial charge >= 0.3 is 0 Å². The number of carbonyl (C=O) groups excluding carboxylic acids is 1. The van der Waals surface area contributed by atoms with Gasteiger partial charge in [-0.05, 0) is 43.2 Å². The van der Waals surface area contributed by atoms with Gasteiger partial charge in [-0.15, -0.1) is 0 Å². The second-order valence-electron chi connectivity index (χ2n) is 7.35. The number of aryl methyl sites for hydroxylation is 1. The average molecular weight is 432 g/mol. The fraction of sp³-hybridized carbons (Fsp3) is 0.409. The molecule has 0 atom stereocenters. The monoisotopic (exact) mass is 431 g/mol. The van der Waals surface area contributed by atoms with Gasteiger partial charge in [-0.3, -0.25) is 4.79 Å². The Morgan fingerprint density at radius 3 is 2.47 bits per heavy atom. The molecule has 1 heterocycles. The minimum atomic E-state index is -3.32. The van der Waals surface area contributed by atoms with E-state index in [-0.39, 0.29) is 18.3 Å². The zero-order chi connectivity index (χ0) is 21.4. The SMILES string of the molecule is Cc1cccc(OCC(=O)NCCCS(=O)(=O)N2CCN(c3ccccc3)CC2)c1. The summed E-state index contributed by atoms with van der Waals surface area (Å²) >= 11 is 0. The van der Waals surface area contributed by atoms with Crippen molar-refractivity contribution < 1.29 is 17.9 Å². The van der Waals surface area contributed by atoms with E-state index in [4.69, 9.17) is 4.74 Å². The Morgan fingerprint density at radius 1 is 1.03 bits per heavy atom. The van der Waals surface area contributed by atoms with Gasteiger partial charge < -0.3 is 15.0 Å². The van der Waals surface area contributed by atoms with E-state index in [0.717, 1.165) is 11.3 Å². The van der Waals surface area contributed by atoms with Gasteiger partial charge in [-0.2, -0.15) is 4.31 Å². The molecule has 3 rings (SSSR count). The molecule has 162 valence electrons. The van der Waals surface area contributed by atoms with E-state index in [1.807, 2.05) is 55.5 Å². The Kier molecular flexibility index (Phi) is 7.70. The summed E-state index contributed by atoms with van der Waals surface area (Å²) in [5.74, 6) is 0.407. The van der Waals surface area contributed by atoms with Gasteiger partial charge in [0.05, 0.1) is 5.75 Å². The Morgan fingerprint density at radius 2 is 1.77 bits per heavy atom. The van der Waals surface area contributed by atoms with Crippen molar-refractivity contribution in [2.45, 2.75) is 13.3 Å². The second kappa shape index (κ2) is 10.4. The van der Waals surface area contributed by atoms with E-state index in [1.54, 1.807) is 10.4 Å². The number of piperazine rings is 1. The minimum absolute atomic E-state index is 0.0252. The molecule has 1 aliphatic rings. The molecule has 8 heteroatoms. The highest BCUT2D eigenvalue weighted by Crippen LogP contribution is 2.17. The van der Waals surface area contributed by atoms with Crippen molar-refractivity contribution in [3.05, 3.63) is 60.2 Å². The molecule has 0 radical (unpaired) electrons. The number of ether oxygens (including phenoxy) is 1. The highest BCUT2D eigenvalue weighted by atomic mass is 32.2. The molecule has 30 heavy (non-hydrogen) atoms. The summed E-state index contributed by atoms with van der Waals surface area (Å²) in [4.78, 5) is 14.1. The number of anilines is 1. The van der Waals surface area contributed by atoms with Gasteiger partial charge in [-0.25, -0.2) is 8.42 Å². The van der Waals surface area contributed by atoms with Crippen molar-refractivity contribution in [1.82, 2.24) is 9.62 Å². The van der Waals surface area contributed by atoms with Gasteiger partial charge in [0.25, 0.3) is 5.91 Å². The van der Waals surface area contributed by atoms with Gasteiger partial charge in [0.15, 0.2) is 6.61 Å². The van der Waals surface area contributed by atoms with Crippen LogP contribution in [0.1, 0.15) is 12.0 Å². The first-order valence-corrected chi connectivity index (χ1v) is 11.8. The van der Waals surface area contributed by atoms with E-state index in [2.05, 4.69) is 10.2 Å². The van der Waals surface area contributed by atoms with Crippen LogP contribution < -0.4 is 15.0 Å². The normalized spacial score (nSPS) is 15.0. The Balaban J connectivity index is 1.34. The summed E-state index contributed by atoms with van der Waals surface area (Å²) in [5.41, 5.74) is 2.17. The summed E-state index contributed by atoms with van der Waals surface area (Å²) < 4.78 is 32.2. The summed E-state index contributed by atoms with van der Waals surface area (Å²) in [7, 11) is -3.32. The fourth-order valence-corrected chi connectivity index (χ4v) is 4.87. The number of hydrogen-bond donors (Lipinski definition) is 1. The van der Waals surface area contributed by atoms with Crippen LogP contribution in [0.15, 0.2) is 54.6 Å². The predicted octanol–water partition coefficient (Wildman–Crippen LogP) is 2.03. The van der Waals surface area contributed by atoms with Crippen LogP contribution in [0.25, 0.3) is 0 Å². The number of para-hydroxylation sites is 1. The maximum absolute atomic E-state index is 12.6. The highest BCUT2D eigenvalue weighted by Gasteiger charge is 2.26. The van der Waals surface area contributed by atoms with Gasteiger partial charge in [-0.1, -0.05) is 30.3 Å². The largest absolute Gasteiger partial charge is 0.484 e. The quantitative estimate of drug-likeness (QED) is 0.615. The van der Waals surface area contributed by atoms with E-state index >= 15 is 0 Å². The minimum Gasteiger partial charge on any atom is -0.484 e. The summed E-state index contributed by atoms with van der Waals surface area (Å²) in [5, 5.41) is 2.72. The lowest BCUT2D eigenvalue weighted by atomic mass is 10.2. The smallest absolute Gasteiger partial charge is 0.257 e. The number of sulfonamides is 1. The Labute approximate surface area is 178 Å². The van der Waals surface area contributed by atoms with Crippen LogP contribution in [0.2, 0.25) is 0 Å². The Bertz CT molecular complexity index is 926. The molecule has 0 bridgehead atoms. The zero-order valence-corrected chi connectivity index (χ0v) is 18.1. The lowest BCUT2D eigenvalue weighted by molar-refractivity contribution is -0.123. The van der Waals surface area contributed by atoms with Crippen LogP contribution in [0.3, 0.4) is 0 Å². The van der Waals surface area contributed by atoms with Crippen molar-refractivity contribution in [3.8, 4) is 5.75 Å². The third kappa shape index (κ3) is 6.47. The van der Waals surface area contributed by atoms with Crippen LogP contribution in [0.4, 0.5) is 5.69 Å². The van der Waals surface area contributed by atoms with E-state index in [1.165, 1.54) is 0 Å². The topological polar surface area (TPSA) is 78.9 Å². The number of benzene rings is 2. The molecule has 2 aromatic carbocycles. The number of amides is 1. The van der Waals surface area contributed by atoms with Crippen molar-refractivity contribution in [3.63, 3.8) is 0 Å². The molecule has 2 aromatic rings. The number of nitrogens with zero attached hydrogens (tertiary/aromatic N) is 2. The van der Waals surface area contributed by atoms with Crippen LogP contribution in [-0.4, -0.2) is 63.7 Å². The first-order valence-electron chi connectivity index (χ1n) is 10.2. The van der Waals surface area contributed by atoms with Crippen molar-refractivity contribution in [1.29, 1.82) is 0 Å². The van der Waals surface area contributed by atoms with Crippen LogP contribution in [0, 0.1) is 6.92 Å². The molecule has 0 aliphatic carbocycles. The number of carbonyl (C=O) groups is 1. The molecule has 0 aromatic heterocycles. The highest BCUT2D eigenvalue weighted by molar-refractivity contribution is 7.89. The third-order valence-electron chi connectivity index (χ3n) is 5.01. The van der Waals surface area contributed by atoms with Gasteiger partial charge in [0.1, 0.15) is 5.75 Å². The molecular formula is C22H29N3O4S. The molecule has 1 saturated heterocycles. The molecule has 0 unspecified atom stereocenters. The fourth-order valence-electron chi connectivity index (χ4n) is 3.38. The van der Waals surface area contributed by atoms with Gasteiger partial charge in [0, 0.05) is 38.4 Å². The molecule has 0 saturated carbocycles. The summed E-state index contributed by atoms with van der Waals surface area (Å²) in [6.07, 6.45) is 0.372. The molecule has 7 nitrogen and oxygen atoms in total. The maximum atomic E-state index is 12.6. The standard InChI is InChI=1S/C22H29N3O4S/c1-19-7-5-10-21(17-19)29-18-22(26)23-11-6-16-30(27,28)25-14-12-24(13-15-25)20-8-3-2-4-9-20/h2-5,7-10,17H,6,11-16,18H2,1H3,(H,23,26). The molecule has 1 amide bonds. The number of nitrogens with one attached hydrogen (secondary N) is 1. The van der Waals surface area contributed by atoms with Crippen molar-refractivity contribution in [2.75, 3.05) is 50.0 Å². The zero-order valence-electron chi connectivity index (χ0n) is 17.3. The first-order chi connectivity index (χ1) is 14.4. The predicted molar refractivity (Wildman–Crippen MR) is 118 cm³/mol. The number of rotatable bonds is 9. The third-order valence-corrected chi connectivity index (χ3v) is 6.97. The lowest BCUT2D eigenvalue weighted by Gasteiger charge is -2.35. The second-order valence-corrected chi connectivity index (χ2v) is 9.43. The van der Waals surface area contributed by atoms with Gasteiger partial charge in [0.2, 0.25) is 10.0 Å². The summed E-state index contributed by atoms with van der Waals surface area (Å²) in [6.45, 7) is 4.49.